The summed E-state index contributed by atoms with van der Waals surface area (Å²) in [5, 5.41) is 2.13. The molecule has 1 aromatic heterocycles. The predicted molar refractivity (Wildman–Crippen MR) is 109 cm³/mol. The van der Waals surface area contributed by atoms with Crippen molar-refractivity contribution in [3.63, 3.8) is 0 Å². The number of halogens is 1. The normalized spacial score (nSPS) is 23.3. The highest BCUT2D eigenvalue weighted by molar-refractivity contribution is 7.83. The molecule has 1 heterocycles. The van der Waals surface area contributed by atoms with Gasteiger partial charge in [-0.3, -0.25) is 4.21 Å². The first-order valence-electron chi connectivity index (χ1n) is 9.28. The van der Waals surface area contributed by atoms with Gasteiger partial charge in [0, 0.05) is 44.6 Å². The van der Waals surface area contributed by atoms with Crippen molar-refractivity contribution in [2.24, 2.45) is 5.92 Å². The average molecular weight is 384 g/mol. The summed E-state index contributed by atoms with van der Waals surface area (Å²) < 4.78 is 11.8. The second kappa shape index (κ2) is 5.97. The lowest BCUT2D eigenvalue weighted by atomic mass is 9.71. The summed E-state index contributed by atoms with van der Waals surface area (Å²) in [5.74, 6) is 1.31. The molecular weight excluding hydrogens is 362 g/mol. The molecule has 0 radical (unpaired) electrons. The average Bonchev–Trinajstić information content (AvgIpc) is 3.26. The first-order chi connectivity index (χ1) is 12.6. The summed E-state index contributed by atoms with van der Waals surface area (Å²) in [7, 11) is -0.846. The van der Waals surface area contributed by atoms with Gasteiger partial charge in [0.2, 0.25) is 0 Å². The molecule has 4 heteroatoms. The summed E-state index contributed by atoms with van der Waals surface area (Å²) in [6.45, 7) is 0. The molecule has 0 saturated heterocycles. The van der Waals surface area contributed by atoms with Gasteiger partial charge >= 0.3 is 0 Å². The molecule has 2 atom stereocenters. The molecule has 2 aromatic carbocycles. The van der Waals surface area contributed by atoms with Crippen LogP contribution >= 0.6 is 11.6 Å². The van der Waals surface area contributed by atoms with Crippen molar-refractivity contribution >= 4 is 33.3 Å². The number of hydrogen-bond acceptors (Lipinski definition) is 1. The van der Waals surface area contributed by atoms with E-state index in [1.807, 2.05) is 6.07 Å². The molecule has 2 aliphatic carbocycles. The molecule has 0 bridgehead atoms. The zero-order valence-electron chi connectivity index (χ0n) is 14.8. The van der Waals surface area contributed by atoms with Crippen molar-refractivity contribution < 1.29 is 4.21 Å². The minimum atomic E-state index is -0.846. The number of aromatic amines is 1. The minimum Gasteiger partial charge on any atom is -0.361 e. The number of rotatable bonds is 4. The van der Waals surface area contributed by atoms with Gasteiger partial charge in [-0.25, -0.2) is 0 Å². The Labute approximate surface area is 161 Å². The van der Waals surface area contributed by atoms with E-state index in [1.165, 1.54) is 34.9 Å². The van der Waals surface area contributed by atoms with Crippen LogP contribution in [-0.4, -0.2) is 15.4 Å². The van der Waals surface area contributed by atoms with E-state index in [0.29, 0.717) is 11.7 Å². The Morgan fingerprint density at radius 2 is 2.08 bits per heavy atom. The lowest BCUT2D eigenvalue weighted by Crippen LogP contribution is -2.27. The molecule has 26 heavy (non-hydrogen) atoms. The number of hydrogen-bond donors (Lipinski definition) is 1. The summed E-state index contributed by atoms with van der Waals surface area (Å²) in [6.07, 6.45) is 8.84. The molecule has 0 spiro atoms. The van der Waals surface area contributed by atoms with Crippen LogP contribution in [0.25, 0.3) is 10.9 Å². The molecule has 2 unspecified atom stereocenters. The zero-order chi connectivity index (χ0) is 17.9. The summed E-state index contributed by atoms with van der Waals surface area (Å²) >= 11 is 6.27. The van der Waals surface area contributed by atoms with Crippen LogP contribution in [0.1, 0.15) is 41.5 Å². The Kier molecular flexibility index (Phi) is 3.81. The van der Waals surface area contributed by atoms with Gasteiger partial charge < -0.3 is 4.98 Å². The van der Waals surface area contributed by atoms with Crippen LogP contribution in [0.5, 0.6) is 0 Å². The highest BCUT2D eigenvalue weighted by atomic mass is 35.5. The van der Waals surface area contributed by atoms with Gasteiger partial charge in [-0.15, -0.1) is 0 Å². The van der Waals surface area contributed by atoms with Gasteiger partial charge in [-0.2, -0.15) is 0 Å². The summed E-state index contributed by atoms with van der Waals surface area (Å²) in [5.41, 5.74) is 6.69. The Bertz CT molecular complexity index is 1040. The molecular formula is C22H22ClNOS. The number of para-hydroxylation sites is 1. The third kappa shape index (κ3) is 2.40. The maximum absolute atomic E-state index is 11.8. The molecule has 1 N–H and O–H groups in total. The maximum atomic E-state index is 11.8. The first kappa shape index (κ1) is 16.6. The second-order valence-corrected chi connectivity index (χ2v) is 9.68. The monoisotopic (exact) mass is 383 g/mol. The number of benzene rings is 2. The number of aromatic nitrogens is 1. The number of aryl methyl sites for hydroxylation is 1. The molecule has 2 aliphatic rings. The smallest absolute Gasteiger partial charge is 0.0503 e. The van der Waals surface area contributed by atoms with Gasteiger partial charge in [-0.05, 0) is 66.0 Å². The van der Waals surface area contributed by atoms with Crippen LogP contribution in [0, 0.1) is 5.92 Å². The fourth-order valence-corrected chi connectivity index (χ4v) is 5.97. The van der Waals surface area contributed by atoms with Crippen molar-refractivity contribution in [2.45, 2.75) is 36.9 Å². The lowest BCUT2D eigenvalue weighted by Gasteiger charge is -2.31. The molecule has 1 fully saturated rings. The van der Waals surface area contributed by atoms with E-state index < -0.39 is 10.8 Å². The highest BCUT2D eigenvalue weighted by Gasteiger charge is 2.51. The van der Waals surface area contributed by atoms with Crippen molar-refractivity contribution in [1.29, 1.82) is 0 Å². The van der Waals surface area contributed by atoms with Gasteiger partial charge in [-0.1, -0.05) is 35.9 Å². The van der Waals surface area contributed by atoms with E-state index in [2.05, 4.69) is 41.5 Å². The van der Waals surface area contributed by atoms with Crippen molar-refractivity contribution in [3.8, 4) is 0 Å². The van der Waals surface area contributed by atoms with Crippen LogP contribution < -0.4 is 0 Å². The van der Waals surface area contributed by atoms with E-state index in [4.69, 9.17) is 11.6 Å². The van der Waals surface area contributed by atoms with E-state index in [-0.39, 0.29) is 5.41 Å². The summed E-state index contributed by atoms with van der Waals surface area (Å²) in [4.78, 5) is 3.53. The van der Waals surface area contributed by atoms with Crippen LogP contribution in [0.4, 0.5) is 0 Å². The molecule has 0 amide bonds. The molecule has 134 valence electrons. The Balaban J connectivity index is 1.73. The quantitative estimate of drug-likeness (QED) is 0.647. The van der Waals surface area contributed by atoms with Gasteiger partial charge in [0.25, 0.3) is 0 Å². The SMILES string of the molecule is CS(=O)Cc1cccc2c(C3(C4CC4)CCc4cc(Cl)ccc43)c[nH]c12. The first-order valence-corrected chi connectivity index (χ1v) is 11.4. The van der Waals surface area contributed by atoms with Crippen LogP contribution in [-0.2, 0) is 28.4 Å². The third-order valence-corrected chi connectivity index (χ3v) is 7.20. The van der Waals surface area contributed by atoms with E-state index in [1.54, 1.807) is 6.26 Å². The largest absolute Gasteiger partial charge is 0.361 e. The number of H-pyrrole nitrogens is 1. The molecule has 5 rings (SSSR count). The topological polar surface area (TPSA) is 32.9 Å². The highest BCUT2D eigenvalue weighted by Crippen LogP contribution is 2.59. The Morgan fingerprint density at radius 1 is 1.23 bits per heavy atom. The number of nitrogens with one attached hydrogen (secondary N) is 1. The summed E-state index contributed by atoms with van der Waals surface area (Å²) in [6, 6.07) is 12.9. The van der Waals surface area contributed by atoms with Crippen LogP contribution in [0.15, 0.2) is 42.6 Å². The van der Waals surface area contributed by atoms with Crippen molar-refractivity contribution in [1.82, 2.24) is 4.98 Å². The maximum Gasteiger partial charge on any atom is 0.0503 e. The second-order valence-electron chi connectivity index (χ2n) is 7.81. The molecule has 3 aromatic rings. The number of fused-ring (bicyclic) bond motifs is 2. The Hall–Kier alpha value is -1.58. The molecule has 0 aliphatic heterocycles. The van der Waals surface area contributed by atoms with Crippen molar-refractivity contribution in [3.05, 3.63) is 69.9 Å². The van der Waals surface area contributed by atoms with Crippen LogP contribution in [0.2, 0.25) is 5.02 Å². The van der Waals surface area contributed by atoms with Gasteiger partial charge in [0.1, 0.15) is 0 Å². The van der Waals surface area contributed by atoms with E-state index in [9.17, 15) is 4.21 Å². The zero-order valence-corrected chi connectivity index (χ0v) is 16.4. The van der Waals surface area contributed by atoms with Gasteiger partial charge in [0.15, 0.2) is 0 Å². The predicted octanol–water partition coefficient (Wildman–Crippen LogP) is 5.34. The minimum absolute atomic E-state index is 0.0994. The fourth-order valence-electron chi connectivity index (χ4n) is 5.10. The fraction of sp³-hybridized carbons (Fsp3) is 0.364. The van der Waals surface area contributed by atoms with Crippen LogP contribution in [0.3, 0.4) is 0 Å². The van der Waals surface area contributed by atoms with Crippen molar-refractivity contribution in [2.75, 3.05) is 6.26 Å². The van der Waals surface area contributed by atoms with Gasteiger partial charge in [0.05, 0.1) is 5.75 Å². The van der Waals surface area contributed by atoms with E-state index in [0.717, 1.165) is 28.9 Å². The molecule has 2 nitrogen and oxygen atoms in total. The standard InChI is InChI=1S/C22H22ClNOS/c1-26(25)13-15-3-2-4-18-20(12-24-21(15)18)22(16-5-6-16)10-9-14-11-17(23)7-8-19(14)22/h2-4,7-8,11-12,16,24H,5-6,9-10,13H2,1H3. The third-order valence-electron chi connectivity index (χ3n) is 6.25. The Morgan fingerprint density at radius 3 is 2.85 bits per heavy atom. The van der Waals surface area contributed by atoms with E-state index >= 15 is 0 Å². The lowest BCUT2D eigenvalue weighted by molar-refractivity contribution is 0.449. The molecule has 1 saturated carbocycles.